The number of methoxy groups -OCH3 is 1. The minimum atomic E-state index is -0.992. The smallest absolute Gasteiger partial charge is 0.409 e. The molecule has 1 heterocycles. The van der Waals surface area contributed by atoms with Gasteiger partial charge >= 0.3 is 6.09 Å². The average Bonchev–Trinajstić information content (AvgIpc) is 2.57. The topological polar surface area (TPSA) is 59.0 Å². The molecule has 1 N–H and O–H groups in total. The summed E-state index contributed by atoms with van der Waals surface area (Å²) in [5.74, 6) is 0. The molecule has 1 aliphatic heterocycles. The minimum absolute atomic E-state index is 0.320. The molecule has 13 heavy (non-hydrogen) atoms. The molecule has 1 atom stereocenters. The molecule has 1 aliphatic rings. The standard InChI is InChI=1S/C8H13NO4/c1-12-6-4-9(8(10)11)7-3-2-5-13-7/h2-3,7H,4-6H2,1H3,(H,10,11). The van der Waals surface area contributed by atoms with Crippen LogP contribution in [0.15, 0.2) is 12.2 Å². The maximum Gasteiger partial charge on any atom is 0.409 e. The van der Waals surface area contributed by atoms with E-state index >= 15 is 0 Å². The predicted molar refractivity (Wildman–Crippen MR) is 45.5 cm³/mol. The van der Waals surface area contributed by atoms with Crippen LogP contribution in [-0.2, 0) is 9.47 Å². The summed E-state index contributed by atoms with van der Waals surface area (Å²) >= 11 is 0. The Labute approximate surface area is 76.5 Å². The van der Waals surface area contributed by atoms with Gasteiger partial charge in [-0.3, -0.25) is 4.90 Å². The first-order valence-electron chi connectivity index (χ1n) is 4.02. The fourth-order valence-electron chi connectivity index (χ4n) is 1.10. The zero-order chi connectivity index (χ0) is 9.68. The number of nitrogens with zero attached hydrogens (tertiary/aromatic N) is 1. The molecule has 5 nitrogen and oxygen atoms in total. The Kier molecular flexibility index (Phi) is 3.72. The lowest BCUT2D eigenvalue weighted by molar-refractivity contribution is -0.00340. The van der Waals surface area contributed by atoms with Gasteiger partial charge in [-0.2, -0.15) is 0 Å². The maximum atomic E-state index is 10.7. The van der Waals surface area contributed by atoms with Crippen LogP contribution in [0.3, 0.4) is 0 Å². The summed E-state index contributed by atoms with van der Waals surface area (Å²) in [7, 11) is 1.53. The quantitative estimate of drug-likeness (QED) is 0.652. The Morgan fingerprint density at radius 3 is 3.08 bits per heavy atom. The van der Waals surface area contributed by atoms with Crippen LogP contribution in [0.5, 0.6) is 0 Å². The highest BCUT2D eigenvalue weighted by Gasteiger charge is 2.23. The van der Waals surface area contributed by atoms with Crippen molar-refractivity contribution in [2.45, 2.75) is 6.23 Å². The second-order valence-electron chi connectivity index (χ2n) is 2.62. The number of rotatable bonds is 4. The van der Waals surface area contributed by atoms with E-state index in [4.69, 9.17) is 14.6 Å². The third kappa shape index (κ3) is 2.71. The van der Waals surface area contributed by atoms with E-state index in [1.165, 1.54) is 12.0 Å². The van der Waals surface area contributed by atoms with E-state index in [0.717, 1.165) is 0 Å². The third-order valence-electron chi connectivity index (χ3n) is 1.75. The maximum absolute atomic E-state index is 10.7. The largest absolute Gasteiger partial charge is 0.465 e. The molecular formula is C8H13NO4. The van der Waals surface area contributed by atoms with Gasteiger partial charge < -0.3 is 14.6 Å². The fraction of sp³-hybridized carbons (Fsp3) is 0.625. The van der Waals surface area contributed by atoms with E-state index in [0.29, 0.717) is 19.8 Å². The molecule has 0 bridgehead atoms. The molecule has 74 valence electrons. The zero-order valence-corrected chi connectivity index (χ0v) is 7.47. The molecule has 1 rings (SSSR count). The van der Waals surface area contributed by atoms with Crippen molar-refractivity contribution < 1.29 is 19.4 Å². The first kappa shape index (κ1) is 10.0. The van der Waals surface area contributed by atoms with E-state index in [2.05, 4.69) is 0 Å². The number of carboxylic acid groups (broad SMARTS) is 1. The SMILES string of the molecule is COCCN(C(=O)O)C1C=CCO1. The van der Waals surface area contributed by atoms with Gasteiger partial charge in [-0.25, -0.2) is 4.79 Å². The number of ether oxygens (including phenoxy) is 2. The Morgan fingerprint density at radius 2 is 2.62 bits per heavy atom. The molecule has 0 aromatic heterocycles. The van der Waals surface area contributed by atoms with Crippen LogP contribution >= 0.6 is 0 Å². The van der Waals surface area contributed by atoms with Gasteiger partial charge in [0.1, 0.15) is 0 Å². The second kappa shape index (κ2) is 4.84. The van der Waals surface area contributed by atoms with Crippen molar-refractivity contribution in [3.05, 3.63) is 12.2 Å². The third-order valence-corrected chi connectivity index (χ3v) is 1.75. The summed E-state index contributed by atoms with van der Waals surface area (Å²) in [4.78, 5) is 12.0. The first-order chi connectivity index (χ1) is 6.25. The lowest BCUT2D eigenvalue weighted by Gasteiger charge is -2.23. The van der Waals surface area contributed by atoms with Crippen molar-refractivity contribution >= 4 is 6.09 Å². The number of hydrogen-bond acceptors (Lipinski definition) is 3. The van der Waals surface area contributed by atoms with Gasteiger partial charge in [0.2, 0.25) is 0 Å². The summed E-state index contributed by atoms with van der Waals surface area (Å²) in [6, 6.07) is 0. The van der Waals surface area contributed by atoms with E-state index in [9.17, 15) is 4.79 Å². The van der Waals surface area contributed by atoms with Crippen molar-refractivity contribution in [1.29, 1.82) is 0 Å². The Bertz CT molecular complexity index is 204. The molecule has 0 saturated carbocycles. The Hall–Kier alpha value is -1.07. The van der Waals surface area contributed by atoms with E-state index < -0.39 is 12.3 Å². The average molecular weight is 187 g/mol. The molecule has 0 radical (unpaired) electrons. The van der Waals surface area contributed by atoms with Gasteiger partial charge in [0.15, 0.2) is 6.23 Å². The van der Waals surface area contributed by atoms with Crippen LogP contribution in [0, 0.1) is 0 Å². The van der Waals surface area contributed by atoms with Crippen molar-refractivity contribution in [2.24, 2.45) is 0 Å². The highest BCUT2D eigenvalue weighted by atomic mass is 16.5. The van der Waals surface area contributed by atoms with Crippen molar-refractivity contribution in [3.63, 3.8) is 0 Å². The van der Waals surface area contributed by atoms with Gasteiger partial charge in [-0.1, -0.05) is 6.08 Å². The molecule has 0 spiro atoms. The van der Waals surface area contributed by atoms with Crippen LogP contribution < -0.4 is 0 Å². The van der Waals surface area contributed by atoms with Crippen molar-refractivity contribution in [2.75, 3.05) is 26.9 Å². The van der Waals surface area contributed by atoms with Gasteiger partial charge in [-0.15, -0.1) is 0 Å². The minimum Gasteiger partial charge on any atom is -0.465 e. The lowest BCUT2D eigenvalue weighted by Crippen LogP contribution is -2.40. The fourth-order valence-corrected chi connectivity index (χ4v) is 1.10. The Morgan fingerprint density at radius 1 is 1.85 bits per heavy atom. The van der Waals surface area contributed by atoms with Crippen molar-refractivity contribution in [1.82, 2.24) is 4.90 Å². The number of hydrogen-bond donors (Lipinski definition) is 1. The predicted octanol–water partition coefficient (Wildman–Crippen LogP) is 0.525. The van der Waals surface area contributed by atoms with Gasteiger partial charge in [0.25, 0.3) is 0 Å². The van der Waals surface area contributed by atoms with Crippen LogP contribution in [-0.4, -0.2) is 49.2 Å². The molecular weight excluding hydrogens is 174 g/mol. The molecule has 0 aromatic rings. The summed E-state index contributed by atoms with van der Waals surface area (Å²) in [6.45, 7) is 1.17. The number of amides is 1. The molecule has 0 fully saturated rings. The summed E-state index contributed by atoms with van der Waals surface area (Å²) in [5.41, 5.74) is 0. The highest BCUT2D eigenvalue weighted by molar-refractivity contribution is 5.65. The molecule has 0 aromatic carbocycles. The van der Waals surface area contributed by atoms with Gasteiger partial charge in [0, 0.05) is 7.11 Å². The van der Waals surface area contributed by atoms with E-state index in [1.807, 2.05) is 0 Å². The number of carbonyl (C=O) groups is 1. The van der Waals surface area contributed by atoms with Crippen LogP contribution in [0.1, 0.15) is 0 Å². The van der Waals surface area contributed by atoms with Crippen LogP contribution in [0.25, 0.3) is 0 Å². The monoisotopic (exact) mass is 187 g/mol. The lowest BCUT2D eigenvalue weighted by atomic mass is 10.4. The summed E-state index contributed by atoms with van der Waals surface area (Å²) in [5, 5.41) is 8.82. The zero-order valence-electron chi connectivity index (χ0n) is 7.47. The normalized spacial score (nSPS) is 20.5. The molecule has 1 amide bonds. The molecule has 5 heteroatoms. The van der Waals surface area contributed by atoms with E-state index in [1.54, 1.807) is 12.2 Å². The summed E-state index contributed by atoms with van der Waals surface area (Å²) < 4.78 is 9.95. The molecule has 0 saturated heterocycles. The molecule has 0 aliphatic carbocycles. The van der Waals surface area contributed by atoms with E-state index in [-0.39, 0.29) is 0 Å². The summed E-state index contributed by atoms with van der Waals surface area (Å²) in [6.07, 6.45) is 2.08. The van der Waals surface area contributed by atoms with Gasteiger partial charge in [-0.05, 0) is 6.08 Å². The first-order valence-corrected chi connectivity index (χ1v) is 4.02. The molecule has 1 unspecified atom stereocenters. The Balaban J connectivity index is 2.46. The second-order valence-corrected chi connectivity index (χ2v) is 2.62. The van der Waals surface area contributed by atoms with Crippen LogP contribution in [0.4, 0.5) is 4.79 Å². The van der Waals surface area contributed by atoms with Gasteiger partial charge in [0.05, 0.1) is 19.8 Å². The highest BCUT2D eigenvalue weighted by Crippen LogP contribution is 2.09. The van der Waals surface area contributed by atoms with Crippen molar-refractivity contribution in [3.8, 4) is 0 Å². The van der Waals surface area contributed by atoms with Crippen LogP contribution in [0.2, 0.25) is 0 Å².